The monoisotopic (exact) mass is 511 g/mol. The first-order valence-electron chi connectivity index (χ1n) is 12.9. The fourth-order valence-corrected chi connectivity index (χ4v) is 5.31. The maximum atomic E-state index is 14.1. The molecule has 1 aliphatic heterocycles. The number of benzene rings is 2. The molecule has 1 saturated heterocycles. The van der Waals surface area contributed by atoms with Crippen molar-refractivity contribution in [1.29, 1.82) is 0 Å². The van der Waals surface area contributed by atoms with Crippen LogP contribution in [-0.2, 0) is 11.2 Å². The number of hydrogen-bond acceptors (Lipinski definition) is 5. The summed E-state index contributed by atoms with van der Waals surface area (Å²) in [5, 5.41) is 17.3. The summed E-state index contributed by atoms with van der Waals surface area (Å²) >= 11 is 0. The third-order valence-electron chi connectivity index (χ3n) is 7.40. The number of aryl methyl sites for hydroxylation is 1. The van der Waals surface area contributed by atoms with Gasteiger partial charge in [-0.3, -0.25) is 9.59 Å². The Kier molecular flexibility index (Phi) is 7.26. The number of carbonyl (C=O) groups is 2. The Balaban J connectivity index is 1.42. The first kappa shape index (κ1) is 25.6. The molecule has 2 heterocycles. The fourth-order valence-electron chi connectivity index (χ4n) is 5.31. The van der Waals surface area contributed by atoms with Crippen LogP contribution in [0.1, 0.15) is 33.7 Å². The van der Waals surface area contributed by atoms with Gasteiger partial charge in [-0.1, -0.05) is 60.7 Å². The number of piperazine rings is 1. The average molecular weight is 512 g/mol. The van der Waals surface area contributed by atoms with Crippen molar-refractivity contribution < 1.29 is 14.7 Å². The van der Waals surface area contributed by atoms with Gasteiger partial charge in [-0.25, -0.2) is 4.68 Å². The third-order valence-corrected chi connectivity index (χ3v) is 7.40. The highest BCUT2D eigenvalue weighted by molar-refractivity contribution is 5.91. The predicted octanol–water partition coefficient (Wildman–Crippen LogP) is 2.64. The summed E-state index contributed by atoms with van der Waals surface area (Å²) in [4.78, 5) is 27.5. The molecule has 1 aliphatic carbocycles. The van der Waals surface area contributed by atoms with Crippen LogP contribution in [0.2, 0.25) is 0 Å². The average Bonchev–Trinajstić information content (AvgIpc) is 3.36. The van der Waals surface area contributed by atoms with Gasteiger partial charge in [0.05, 0.1) is 17.7 Å². The van der Waals surface area contributed by atoms with Crippen LogP contribution in [-0.4, -0.2) is 63.9 Å². The molecule has 2 aromatic carbocycles. The van der Waals surface area contributed by atoms with Gasteiger partial charge in [-0.05, 0) is 54.7 Å². The zero-order valence-electron chi connectivity index (χ0n) is 21.5. The van der Waals surface area contributed by atoms with Crippen LogP contribution in [0.3, 0.4) is 0 Å². The standard InChI is InChI=1S/C30H33N5O3/c1-21-17-27(28(31)37)33-35(21)26-9-7-22(8-10-26)18-30(29(38)34-16-15-32-25(19-34)20-36)13-11-24(12-14-30)23-5-3-2-4-6-23/h2-13,17,25,32,36H,14-16,18-20H2,1H3,(H2,31,37)/t25?,30-/m1/s1. The molecular weight excluding hydrogens is 478 g/mol. The Morgan fingerprint density at radius 2 is 1.92 bits per heavy atom. The number of nitrogens with one attached hydrogen (secondary N) is 1. The molecule has 0 bridgehead atoms. The van der Waals surface area contributed by atoms with E-state index in [4.69, 9.17) is 5.73 Å². The number of amides is 2. The summed E-state index contributed by atoms with van der Waals surface area (Å²) in [7, 11) is 0. The molecule has 8 nitrogen and oxygen atoms in total. The number of hydrogen-bond donors (Lipinski definition) is 3. The SMILES string of the molecule is Cc1cc(C(N)=O)nn1-c1ccc(C[C@@]2(C(=O)N3CCNC(CO)C3)C=CC(c3ccccc3)=CC2)cc1. The van der Waals surface area contributed by atoms with Crippen molar-refractivity contribution in [1.82, 2.24) is 20.0 Å². The van der Waals surface area contributed by atoms with Crippen molar-refractivity contribution in [3.63, 3.8) is 0 Å². The van der Waals surface area contributed by atoms with Crippen LogP contribution < -0.4 is 11.1 Å². The lowest BCUT2D eigenvalue weighted by Gasteiger charge is -2.40. The second kappa shape index (κ2) is 10.8. The van der Waals surface area contributed by atoms with Crippen LogP contribution in [0.4, 0.5) is 0 Å². The Morgan fingerprint density at radius 3 is 2.55 bits per heavy atom. The van der Waals surface area contributed by atoms with E-state index in [9.17, 15) is 14.7 Å². The molecule has 8 heteroatoms. The van der Waals surface area contributed by atoms with Gasteiger partial charge in [0.15, 0.2) is 5.69 Å². The molecule has 0 radical (unpaired) electrons. The second-order valence-electron chi connectivity index (χ2n) is 10.1. The van der Waals surface area contributed by atoms with Crippen LogP contribution in [0.15, 0.2) is 78.9 Å². The van der Waals surface area contributed by atoms with Gasteiger partial charge < -0.3 is 21.1 Å². The summed E-state index contributed by atoms with van der Waals surface area (Å²) in [6, 6.07) is 19.6. The van der Waals surface area contributed by atoms with E-state index < -0.39 is 11.3 Å². The van der Waals surface area contributed by atoms with E-state index in [0.717, 1.165) is 28.1 Å². The van der Waals surface area contributed by atoms with Gasteiger partial charge in [-0.15, -0.1) is 0 Å². The molecule has 1 unspecified atom stereocenters. The lowest BCUT2D eigenvalue weighted by atomic mass is 9.73. The van der Waals surface area contributed by atoms with Crippen molar-refractivity contribution in [3.05, 3.63) is 101 Å². The highest BCUT2D eigenvalue weighted by Crippen LogP contribution is 2.38. The molecule has 5 rings (SSSR count). The number of carbonyl (C=O) groups excluding carboxylic acids is 2. The van der Waals surface area contributed by atoms with E-state index in [1.165, 1.54) is 0 Å². The molecule has 0 saturated carbocycles. The Hall–Kier alpha value is -4.01. The van der Waals surface area contributed by atoms with Gasteiger partial charge in [-0.2, -0.15) is 5.10 Å². The van der Waals surface area contributed by atoms with E-state index in [1.807, 2.05) is 54.3 Å². The van der Waals surface area contributed by atoms with Crippen LogP contribution in [0, 0.1) is 12.3 Å². The maximum Gasteiger partial charge on any atom is 0.269 e. The van der Waals surface area contributed by atoms with Gasteiger partial charge >= 0.3 is 0 Å². The van der Waals surface area contributed by atoms with Crippen LogP contribution in [0.5, 0.6) is 0 Å². The summed E-state index contributed by atoms with van der Waals surface area (Å²) in [5.74, 6) is -0.484. The molecule has 38 heavy (non-hydrogen) atoms. The zero-order valence-corrected chi connectivity index (χ0v) is 21.5. The lowest BCUT2D eigenvalue weighted by molar-refractivity contribution is -0.140. The smallest absolute Gasteiger partial charge is 0.269 e. The van der Waals surface area contributed by atoms with Crippen LogP contribution in [0.25, 0.3) is 11.3 Å². The lowest BCUT2D eigenvalue weighted by Crippen LogP contribution is -2.57. The minimum Gasteiger partial charge on any atom is -0.395 e. The highest BCUT2D eigenvalue weighted by atomic mass is 16.3. The van der Waals surface area contributed by atoms with Crippen molar-refractivity contribution >= 4 is 17.4 Å². The minimum atomic E-state index is -0.724. The zero-order chi connectivity index (χ0) is 26.7. The molecule has 196 valence electrons. The molecule has 1 aromatic heterocycles. The van der Waals surface area contributed by atoms with Crippen molar-refractivity contribution in [2.45, 2.75) is 25.8 Å². The number of rotatable bonds is 7. The van der Waals surface area contributed by atoms with Crippen molar-refractivity contribution in [2.75, 3.05) is 26.2 Å². The number of nitrogens with two attached hydrogens (primary N) is 1. The quantitative estimate of drug-likeness (QED) is 0.451. The molecule has 2 amide bonds. The predicted molar refractivity (Wildman–Crippen MR) is 147 cm³/mol. The van der Waals surface area contributed by atoms with Crippen molar-refractivity contribution in [2.24, 2.45) is 11.1 Å². The van der Waals surface area contributed by atoms with E-state index in [1.54, 1.807) is 10.7 Å². The third kappa shape index (κ3) is 5.18. The number of allylic oxidation sites excluding steroid dienone is 3. The molecular formula is C30H33N5O3. The van der Waals surface area contributed by atoms with Crippen molar-refractivity contribution in [3.8, 4) is 5.69 Å². The Bertz CT molecular complexity index is 1380. The van der Waals surface area contributed by atoms with E-state index >= 15 is 0 Å². The summed E-state index contributed by atoms with van der Waals surface area (Å²) in [6.07, 6.45) is 7.42. The maximum absolute atomic E-state index is 14.1. The van der Waals surface area contributed by atoms with Gasteiger partial charge in [0.2, 0.25) is 5.91 Å². The van der Waals surface area contributed by atoms with E-state index in [0.29, 0.717) is 32.5 Å². The molecule has 1 fully saturated rings. The minimum absolute atomic E-state index is 0.00352. The Labute approximate surface area is 222 Å². The molecule has 2 atom stereocenters. The largest absolute Gasteiger partial charge is 0.395 e. The first-order valence-corrected chi connectivity index (χ1v) is 12.9. The second-order valence-corrected chi connectivity index (χ2v) is 10.1. The normalized spacial score (nSPS) is 21.3. The first-order chi connectivity index (χ1) is 18.4. The fraction of sp³-hybridized carbons (Fsp3) is 0.300. The summed E-state index contributed by atoms with van der Waals surface area (Å²) in [5.41, 5.74) is 9.78. The summed E-state index contributed by atoms with van der Waals surface area (Å²) in [6.45, 7) is 3.63. The molecule has 3 aromatic rings. The molecule has 2 aliphatic rings. The molecule has 4 N–H and O–H groups in total. The van der Waals surface area contributed by atoms with E-state index in [-0.39, 0.29) is 24.2 Å². The topological polar surface area (TPSA) is 113 Å². The van der Waals surface area contributed by atoms with Crippen LogP contribution >= 0.6 is 0 Å². The van der Waals surface area contributed by atoms with E-state index in [2.05, 4.69) is 40.8 Å². The highest BCUT2D eigenvalue weighted by Gasteiger charge is 2.41. The number of aromatic nitrogens is 2. The number of primary amides is 1. The van der Waals surface area contributed by atoms with Gasteiger partial charge in [0, 0.05) is 31.4 Å². The van der Waals surface area contributed by atoms with Gasteiger partial charge in [0.25, 0.3) is 5.91 Å². The molecule has 0 spiro atoms. The number of nitrogens with zero attached hydrogens (tertiary/aromatic N) is 3. The number of aliphatic hydroxyl groups is 1. The Morgan fingerprint density at radius 1 is 1.16 bits per heavy atom. The summed E-state index contributed by atoms with van der Waals surface area (Å²) < 4.78 is 1.69. The van der Waals surface area contributed by atoms with Gasteiger partial charge in [0.1, 0.15) is 0 Å². The number of aliphatic hydroxyl groups excluding tert-OH is 1.